The van der Waals surface area contributed by atoms with E-state index in [-0.39, 0.29) is 18.2 Å². The van der Waals surface area contributed by atoms with Crippen molar-refractivity contribution >= 4 is 5.91 Å². The minimum Gasteiger partial charge on any atom is -0.484 e. The van der Waals surface area contributed by atoms with Gasteiger partial charge in [-0.15, -0.1) is 0 Å². The SMILES string of the molecule is NC1(C(=O)NCc2cccc(OCC(F)(F)F)c2)CCCC1. The highest BCUT2D eigenvalue weighted by Gasteiger charge is 2.36. The summed E-state index contributed by atoms with van der Waals surface area (Å²) in [5, 5.41) is 2.74. The molecule has 1 aromatic rings. The number of amides is 1. The minimum absolute atomic E-state index is 0.118. The average Bonchev–Trinajstić information content (AvgIpc) is 2.90. The molecule has 1 saturated carbocycles. The first-order valence-electron chi connectivity index (χ1n) is 7.14. The Bertz CT molecular complexity index is 526. The Morgan fingerprint density at radius 3 is 2.64 bits per heavy atom. The van der Waals surface area contributed by atoms with Gasteiger partial charge in [0.15, 0.2) is 6.61 Å². The third-order valence-electron chi connectivity index (χ3n) is 3.70. The lowest BCUT2D eigenvalue weighted by atomic mass is 9.98. The molecule has 2 rings (SSSR count). The topological polar surface area (TPSA) is 64.4 Å². The van der Waals surface area contributed by atoms with Crippen LogP contribution in [0.15, 0.2) is 24.3 Å². The number of carbonyl (C=O) groups excluding carboxylic acids is 1. The maximum Gasteiger partial charge on any atom is 0.422 e. The lowest BCUT2D eigenvalue weighted by Gasteiger charge is -2.22. The molecule has 4 nitrogen and oxygen atoms in total. The summed E-state index contributed by atoms with van der Waals surface area (Å²) in [7, 11) is 0. The normalized spacial score (nSPS) is 17.3. The second kappa shape index (κ2) is 6.56. The predicted molar refractivity (Wildman–Crippen MR) is 75.2 cm³/mol. The van der Waals surface area contributed by atoms with Crippen LogP contribution in [0.3, 0.4) is 0 Å². The molecule has 122 valence electrons. The van der Waals surface area contributed by atoms with Crippen molar-refractivity contribution < 1.29 is 22.7 Å². The molecule has 0 bridgehead atoms. The summed E-state index contributed by atoms with van der Waals surface area (Å²) < 4.78 is 41.0. The second-order valence-electron chi connectivity index (χ2n) is 5.60. The Balaban J connectivity index is 1.89. The van der Waals surface area contributed by atoms with Gasteiger partial charge in [-0.3, -0.25) is 4.79 Å². The lowest BCUT2D eigenvalue weighted by molar-refractivity contribution is -0.153. The third kappa shape index (κ3) is 4.62. The van der Waals surface area contributed by atoms with Gasteiger partial charge in [-0.25, -0.2) is 0 Å². The van der Waals surface area contributed by atoms with Crippen LogP contribution >= 0.6 is 0 Å². The van der Waals surface area contributed by atoms with Gasteiger partial charge in [0.1, 0.15) is 5.75 Å². The molecule has 1 amide bonds. The first-order chi connectivity index (χ1) is 10.3. The summed E-state index contributed by atoms with van der Waals surface area (Å²) in [4.78, 5) is 12.1. The van der Waals surface area contributed by atoms with Gasteiger partial charge in [0.2, 0.25) is 5.91 Å². The molecule has 22 heavy (non-hydrogen) atoms. The smallest absolute Gasteiger partial charge is 0.422 e. The zero-order chi connectivity index (χ0) is 16.2. The van der Waals surface area contributed by atoms with Crippen molar-refractivity contribution in [1.82, 2.24) is 5.32 Å². The number of hydrogen-bond acceptors (Lipinski definition) is 3. The van der Waals surface area contributed by atoms with E-state index in [1.165, 1.54) is 12.1 Å². The molecule has 0 aromatic heterocycles. The monoisotopic (exact) mass is 316 g/mol. The van der Waals surface area contributed by atoms with Crippen molar-refractivity contribution in [1.29, 1.82) is 0 Å². The molecule has 0 atom stereocenters. The fourth-order valence-corrected chi connectivity index (χ4v) is 2.50. The number of benzene rings is 1. The number of carbonyl (C=O) groups is 1. The zero-order valence-electron chi connectivity index (χ0n) is 12.1. The van der Waals surface area contributed by atoms with E-state index in [1.54, 1.807) is 12.1 Å². The van der Waals surface area contributed by atoms with Crippen LogP contribution in [0.2, 0.25) is 0 Å². The Kier molecular flexibility index (Phi) is 4.95. The molecule has 1 fully saturated rings. The van der Waals surface area contributed by atoms with Crippen molar-refractivity contribution in [2.45, 2.75) is 43.9 Å². The highest BCUT2D eigenvalue weighted by molar-refractivity contribution is 5.86. The number of hydrogen-bond donors (Lipinski definition) is 2. The Morgan fingerprint density at radius 1 is 1.32 bits per heavy atom. The molecule has 0 spiro atoms. The number of alkyl halides is 3. The average molecular weight is 316 g/mol. The Labute approximate surface area is 126 Å². The molecule has 0 saturated heterocycles. The fourth-order valence-electron chi connectivity index (χ4n) is 2.50. The second-order valence-corrected chi connectivity index (χ2v) is 5.60. The summed E-state index contributed by atoms with van der Waals surface area (Å²) in [5.41, 5.74) is 5.88. The van der Waals surface area contributed by atoms with Gasteiger partial charge < -0.3 is 15.8 Å². The van der Waals surface area contributed by atoms with Crippen LogP contribution in [-0.2, 0) is 11.3 Å². The lowest BCUT2D eigenvalue weighted by Crippen LogP contribution is -2.51. The number of halogens is 3. The Hall–Kier alpha value is -1.76. The zero-order valence-corrected chi connectivity index (χ0v) is 12.1. The summed E-state index contributed by atoms with van der Waals surface area (Å²) >= 11 is 0. The molecule has 1 aliphatic rings. The standard InChI is InChI=1S/C15H19F3N2O2/c16-15(17,18)10-22-12-5-3-4-11(8-12)9-20-13(21)14(19)6-1-2-7-14/h3-5,8H,1-2,6-7,9-10,19H2,(H,20,21). The molecule has 7 heteroatoms. The number of ether oxygens (including phenoxy) is 1. The van der Waals surface area contributed by atoms with Gasteiger partial charge in [0.25, 0.3) is 0 Å². The van der Waals surface area contributed by atoms with Crippen molar-refractivity contribution in [3.05, 3.63) is 29.8 Å². The van der Waals surface area contributed by atoms with E-state index in [0.29, 0.717) is 18.4 Å². The summed E-state index contributed by atoms with van der Waals surface area (Å²) in [6.45, 7) is -1.13. The molecule has 0 radical (unpaired) electrons. The molecular weight excluding hydrogens is 297 g/mol. The van der Waals surface area contributed by atoms with Gasteiger partial charge >= 0.3 is 6.18 Å². The van der Waals surface area contributed by atoms with E-state index in [0.717, 1.165) is 12.8 Å². The van der Waals surface area contributed by atoms with E-state index in [1.807, 2.05) is 0 Å². The molecule has 1 aliphatic carbocycles. The maximum absolute atomic E-state index is 12.1. The molecule has 0 aliphatic heterocycles. The van der Waals surface area contributed by atoms with Gasteiger partial charge in [-0.1, -0.05) is 25.0 Å². The van der Waals surface area contributed by atoms with Crippen LogP contribution in [0.25, 0.3) is 0 Å². The van der Waals surface area contributed by atoms with Gasteiger partial charge in [-0.05, 0) is 30.5 Å². The first kappa shape index (κ1) is 16.6. The van der Waals surface area contributed by atoms with Crippen LogP contribution in [-0.4, -0.2) is 24.2 Å². The van der Waals surface area contributed by atoms with Gasteiger partial charge in [-0.2, -0.15) is 13.2 Å². The van der Waals surface area contributed by atoms with E-state index >= 15 is 0 Å². The summed E-state index contributed by atoms with van der Waals surface area (Å²) in [6.07, 6.45) is -1.19. The van der Waals surface area contributed by atoms with Gasteiger partial charge in [0.05, 0.1) is 5.54 Å². The molecule has 1 aromatic carbocycles. The van der Waals surface area contributed by atoms with Crippen molar-refractivity contribution in [2.75, 3.05) is 6.61 Å². The number of rotatable bonds is 5. The molecular formula is C15H19F3N2O2. The van der Waals surface area contributed by atoms with Crippen LogP contribution < -0.4 is 15.8 Å². The Morgan fingerprint density at radius 2 is 2.00 bits per heavy atom. The summed E-state index contributed by atoms with van der Waals surface area (Å²) in [6, 6.07) is 6.21. The molecule has 3 N–H and O–H groups in total. The van der Waals surface area contributed by atoms with Crippen LogP contribution in [0.4, 0.5) is 13.2 Å². The van der Waals surface area contributed by atoms with Crippen LogP contribution in [0, 0.1) is 0 Å². The van der Waals surface area contributed by atoms with Crippen LogP contribution in [0.1, 0.15) is 31.2 Å². The van der Waals surface area contributed by atoms with E-state index in [4.69, 9.17) is 5.73 Å². The number of nitrogens with one attached hydrogen (secondary N) is 1. The van der Waals surface area contributed by atoms with E-state index in [2.05, 4.69) is 10.1 Å². The van der Waals surface area contributed by atoms with E-state index < -0.39 is 18.3 Å². The van der Waals surface area contributed by atoms with E-state index in [9.17, 15) is 18.0 Å². The minimum atomic E-state index is -4.38. The largest absolute Gasteiger partial charge is 0.484 e. The predicted octanol–water partition coefficient (Wildman–Crippen LogP) is 2.52. The quantitative estimate of drug-likeness (QED) is 0.877. The molecule has 0 unspecified atom stereocenters. The summed E-state index contributed by atoms with van der Waals surface area (Å²) in [5.74, 6) is -0.0981. The maximum atomic E-state index is 12.1. The molecule has 0 heterocycles. The highest BCUT2D eigenvalue weighted by atomic mass is 19.4. The van der Waals surface area contributed by atoms with Crippen molar-refractivity contribution in [2.24, 2.45) is 5.73 Å². The highest BCUT2D eigenvalue weighted by Crippen LogP contribution is 2.27. The fraction of sp³-hybridized carbons (Fsp3) is 0.533. The number of nitrogens with two attached hydrogens (primary N) is 1. The van der Waals surface area contributed by atoms with Crippen molar-refractivity contribution in [3.8, 4) is 5.75 Å². The van der Waals surface area contributed by atoms with Gasteiger partial charge in [0, 0.05) is 6.54 Å². The van der Waals surface area contributed by atoms with Crippen molar-refractivity contribution in [3.63, 3.8) is 0 Å². The van der Waals surface area contributed by atoms with Crippen LogP contribution in [0.5, 0.6) is 5.75 Å². The third-order valence-corrected chi connectivity index (χ3v) is 3.70. The first-order valence-corrected chi connectivity index (χ1v) is 7.14.